The average molecular weight is 401 g/mol. The summed E-state index contributed by atoms with van der Waals surface area (Å²) >= 11 is 1.58. The number of carbonyl (C=O) groups is 1. The van der Waals surface area contributed by atoms with E-state index in [1.807, 2.05) is 54.6 Å². The van der Waals surface area contributed by atoms with E-state index in [1.165, 1.54) is 6.08 Å². The molecule has 6 heteroatoms. The largest absolute Gasteiger partial charge is 0.457 e. The first-order chi connectivity index (χ1) is 14.2. The highest BCUT2D eigenvalue weighted by Gasteiger charge is 2.13. The topological polar surface area (TPSA) is 77.2 Å². The van der Waals surface area contributed by atoms with Crippen LogP contribution in [0, 0.1) is 0 Å². The van der Waals surface area contributed by atoms with E-state index in [0.29, 0.717) is 5.82 Å². The highest BCUT2D eigenvalue weighted by molar-refractivity contribution is 7.18. The molecular formula is C23H19N3O2S. The Morgan fingerprint density at radius 3 is 2.55 bits per heavy atom. The van der Waals surface area contributed by atoms with Gasteiger partial charge in [-0.05, 0) is 41.3 Å². The first kappa shape index (κ1) is 18.7. The zero-order valence-corrected chi connectivity index (χ0v) is 16.6. The molecule has 3 N–H and O–H groups in total. The van der Waals surface area contributed by atoms with Crippen molar-refractivity contribution in [3.05, 3.63) is 77.8 Å². The second kappa shape index (κ2) is 8.16. The van der Waals surface area contributed by atoms with Crippen molar-refractivity contribution in [3.8, 4) is 22.6 Å². The van der Waals surface area contributed by atoms with Crippen LogP contribution >= 0.6 is 11.3 Å². The Bertz CT molecular complexity index is 1180. The molecule has 0 saturated heterocycles. The van der Waals surface area contributed by atoms with E-state index in [1.54, 1.807) is 30.7 Å². The molecule has 2 aromatic carbocycles. The van der Waals surface area contributed by atoms with Crippen LogP contribution in [0.2, 0.25) is 0 Å². The molecular weight excluding hydrogens is 382 g/mol. The average Bonchev–Trinajstić information content (AvgIpc) is 3.20. The van der Waals surface area contributed by atoms with Crippen LogP contribution in [-0.2, 0) is 4.79 Å². The lowest BCUT2D eigenvalue weighted by atomic mass is 10.0. The summed E-state index contributed by atoms with van der Waals surface area (Å²) in [6, 6.07) is 17.5. The van der Waals surface area contributed by atoms with Crippen LogP contribution in [0.4, 0.5) is 5.82 Å². The molecule has 0 aliphatic heterocycles. The van der Waals surface area contributed by atoms with Crippen LogP contribution in [0.15, 0.2) is 72.3 Å². The summed E-state index contributed by atoms with van der Waals surface area (Å²) in [5.74, 6) is 1.86. The van der Waals surface area contributed by atoms with Gasteiger partial charge in [-0.15, -0.1) is 11.3 Å². The minimum atomic E-state index is -0.166. The van der Waals surface area contributed by atoms with Gasteiger partial charge in [0.2, 0.25) is 5.91 Å². The van der Waals surface area contributed by atoms with Crippen molar-refractivity contribution in [2.24, 2.45) is 0 Å². The lowest BCUT2D eigenvalue weighted by Crippen LogP contribution is -2.13. The Hall–Kier alpha value is -3.64. The molecule has 0 radical (unpaired) electrons. The Kier molecular flexibility index (Phi) is 5.27. The van der Waals surface area contributed by atoms with Gasteiger partial charge in [0.15, 0.2) is 0 Å². The summed E-state index contributed by atoms with van der Waals surface area (Å²) in [4.78, 5) is 15.8. The van der Waals surface area contributed by atoms with Crippen molar-refractivity contribution in [1.82, 2.24) is 10.3 Å². The quantitative estimate of drug-likeness (QED) is 0.456. The number of nitrogens with two attached hydrogens (primary N) is 1. The molecule has 0 spiro atoms. The van der Waals surface area contributed by atoms with E-state index < -0.39 is 0 Å². The number of nitrogen functional groups attached to an aromatic ring is 1. The molecule has 2 heterocycles. The SMILES string of the molecule is CNC(=O)C=Cc1cnc(N)c2c(-c3ccc(Oc4ccccc4)cc3)csc12. The number of amides is 1. The third-order valence-corrected chi connectivity index (χ3v) is 5.49. The number of hydrogen-bond donors (Lipinski definition) is 2. The van der Waals surface area contributed by atoms with Gasteiger partial charge in [-0.1, -0.05) is 30.3 Å². The number of thiophene rings is 1. The second-order valence-electron chi connectivity index (χ2n) is 6.34. The molecule has 0 saturated carbocycles. The molecule has 0 aliphatic rings. The maximum atomic E-state index is 11.5. The molecule has 2 aromatic heterocycles. The summed E-state index contributed by atoms with van der Waals surface area (Å²) in [7, 11) is 1.60. The van der Waals surface area contributed by atoms with Gasteiger partial charge in [0.25, 0.3) is 0 Å². The van der Waals surface area contributed by atoms with Crippen molar-refractivity contribution in [3.63, 3.8) is 0 Å². The van der Waals surface area contributed by atoms with Crippen LogP contribution in [-0.4, -0.2) is 17.9 Å². The Balaban J connectivity index is 1.67. The van der Waals surface area contributed by atoms with E-state index in [4.69, 9.17) is 10.5 Å². The summed E-state index contributed by atoms with van der Waals surface area (Å²) < 4.78 is 6.86. The minimum Gasteiger partial charge on any atom is -0.457 e. The summed E-state index contributed by atoms with van der Waals surface area (Å²) in [6.45, 7) is 0. The Morgan fingerprint density at radius 1 is 1.10 bits per heavy atom. The predicted octanol–water partition coefficient (Wildman–Crippen LogP) is 5.10. The fourth-order valence-corrected chi connectivity index (χ4v) is 4.07. The highest BCUT2D eigenvalue weighted by atomic mass is 32.1. The van der Waals surface area contributed by atoms with Gasteiger partial charge >= 0.3 is 0 Å². The van der Waals surface area contributed by atoms with E-state index in [2.05, 4.69) is 15.7 Å². The van der Waals surface area contributed by atoms with E-state index in [0.717, 1.165) is 38.3 Å². The van der Waals surface area contributed by atoms with Crippen molar-refractivity contribution in [2.75, 3.05) is 12.8 Å². The van der Waals surface area contributed by atoms with Gasteiger partial charge in [-0.3, -0.25) is 4.79 Å². The molecule has 144 valence electrons. The standard InChI is InChI=1S/C23H19N3O2S/c1-25-20(27)12-9-16-13-26-23(24)21-19(14-29-22(16)21)15-7-10-18(11-8-15)28-17-5-3-2-4-6-17/h2-14H,1H3,(H2,24,26)(H,25,27). The van der Waals surface area contributed by atoms with Gasteiger partial charge in [0, 0.05) is 40.5 Å². The highest BCUT2D eigenvalue weighted by Crippen LogP contribution is 2.39. The van der Waals surface area contributed by atoms with Crippen molar-refractivity contribution in [2.45, 2.75) is 0 Å². The summed E-state index contributed by atoms with van der Waals surface area (Å²) in [5, 5.41) is 5.53. The number of likely N-dealkylation sites (N-methyl/N-ethyl adjacent to an activating group) is 1. The van der Waals surface area contributed by atoms with Gasteiger partial charge in [-0.2, -0.15) is 0 Å². The zero-order valence-electron chi connectivity index (χ0n) is 15.8. The molecule has 0 fully saturated rings. The van der Waals surface area contributed by atoms with Gasteiger partial charge < -0.3 is 15.8 Å². The van der Waals surface area contributed by atoms with Crippen LogP contribution in [0.1, 0.15) is 5.56 Å². The smallest absolute Gasteiger partial charge is 0.243 e. The lowest BCUT2D eigenvalue weighted by Gasteiger charge is -2.07. The summed E-state index contributed by atoms with van der Waals surface area (Å²) in [5.41, 5.74) is 9.08. The Labute approximate surface area is 172 Å². The van der Waals surface area contributed by atoms with Crippen LogP contribution in [0.5, 0.6) is 11.5 Å². The molecule has 1 amide bonds. The number of pyridine rings is 1. The monoisotopic (exact) mass is 401 g/mol. The lowest BCUT2D eigenvalue weighted by molar-refractivity contribution is -0.115. The second-order valence-corrected chi connectivity index (χ2v) is 7.22. The normalized spacial score (nSPS) is 11.1. The van der Waals surface area contributed by atoms with Crippen LogP contribution in [0.3, 0.4) is 0 Å². The predicted molar refractivity (Wildman–Crippen MR) is 119 cm³/mol. The molecule has 4 aromatic rings. The molecule has 0 aliphatic carbocycles. The minimum absolute atomic E-state index is 0.166. The third-order valence-electron chi connectivity index (χ3n) is 4.46. The molecule has 0 unspecified atom stereocenters. The van der Waals surface area contributed by atoms with Crippen molar-refractivity contribution >= 4 is 39.2 Å². The first-order valence-electron chi connectivity index (χ1n) is 9.04. The van der Waals surface area contributed by atoms with E-state index in [-0.39, 0.29) is 5.91 Å². The van der Waals surface area contributed by atoms with Gasteiger partial charge in [-0.25, -0.2) is 4.98 Å². The number of nitrogens with zero attached hydrogens (tertiary/aromatic N) is 1. The zero-order chi connectivity index (χ0) is 20.2. The number of rotatable bonds is 5. The molecule has 4 rings (SSSR count). The van der Waals surface area contributed by atoms with Crippen molar-refractivity contribution in [1.29, 1.82) is 0 Å². The summed E-state index contributed by atoms with van der Waals surface area (Å²) in [6.07, 6.45) is 4.93. The number of anilines is 1. The third kappa shape index (κ3) is 3.97. The fraction of sp³-hybridized carbons (Fsp3) is 0.0435. The van der Waals surface area contributed by atoms with E-state index in [9.17, 15) is 4.79 Å². The molecule has 0 bridgehead atoms. The number of ether oxygens (including phenoxy) is 1. The van der Waals surface area contributed by atoms with Gasteiger partial charge in [0.05, 0.1) is 0 Å². The number of para-hydroxylation sites is 1. The number of carbonyl (C=O) groups excluding carboxylic acids is 1. The maximum Gasteiger partial charge on any atom is 0.243 e. The van der Waals surface area contributed by atoms with Crippen LogP contribution < -0.4 is 15.8 Å². The maximum absolute atomic E-state index is 11.5. The fourth-order valence-electron chi connectivity index (χ4n) is 2.99. The van der Waals surface area contributed by atoms with Crippen LogP contribution in [0.25, 0.3) is 27.3 Å². The Morgan fingerprint density at radius 2 is 1.83 bits per heavy atom. The van der Waals surface area contributed by atoms with Gasteiger partial charge in [0.1, 0.15) is 17.3 Å². The number of aromatic nitrogens is 1. The molecule has 5 nitrogen and oxygen atoms in total. The number of nitrogens with one attached hydrogen (secondary N) is 1. The number of fused-ring (bicyclic) bond motifs is 1. The first-order valence-corrected chi connectivity index (χ1v) is 9.92. The van der Waals surface area contributed by atoms with Crippen molar-refractivity contribution < 1.29 is 9.53 Å². The number of benzene rings is 2. The number of hydrogen-bond acceptors (Lipinski definition) is 5. The molecule has 29 heavy (non-hydrogen) atoms. The van der Waals surface area contributed by atoms with E-state index >= 15 is 0 Å². The molecule has 0 atom stereocenters.